The van der Waals surface area contributed by atoms with Gasteiger partial charge in [0.1, 0.15) is 18.0 Å². The van der Waals surface area contributed by atoms with Crippen molar-refractivity contribution in [2.45, 2.75) is 38.1 Å². The van der Waals surface area contributed by atoms with Crippen LogP contribution in [0.1, 0.15) is 32.1 Å². The van der Waals surface area contributed by atoms with E-state index in [9.17, 15) is 0 Å². The summed E-state index contributed by atoms with van der Waals surface area (Å²) in [5.74, 6) is 2.04. The fraction of sp³-hybridized carbons (Fsp3) is 0.714. The number of hydrogen-bond donors (Lipinski definition) is 2. The highest BCUT2D eigenvalue weighted by Gasteiger charge is 2.16. The molecule has 0 bridgehead atoms. The molecule has 0 amide bonds. The van der Waals surface area contributed by atoms with Crippen LogP contribution in [0.15, 0.2) is 12.4 Å². The van der Waals surface area contributed by atoms with Gasteiger partial charge in [-0.15, -0.1) is 0 Å². The van der Waals surface area contributed by atoms with Crippen molar-refractivity contribution in [2.75, 3.05) is 36.4 Å². The van der Waals surface area contributed by atoms with Gasteiger partial charge in [-0.05, 0) is 25.8 Å². The largest absolute Gasteiger partial charge is 0.367 e. The van der Waals surface area contributed by atoms with Crippen molar-refractivity contribution < 1.29 is 0 Å². The van der Waals surface area contributed by atoms with E-state index >= 15 is 0 Å². The summed E-state index contributed by atoms with van der Waals surface area (Å²) in [4.78, 5) is 11.1. The molecule has 3 rings (SSSR count). The maximum Gasteiger partial charge on any atom is 0.134 e. The van der Waals surface area contributed by atoms with Crippen molar-refractivity contribution in [3.8, 4) is 0 Å². The van der Waals surface area contributed by atoms with E-state index in [1.807, 2.05) is 0 Å². The first-order chi connectivity index (χ1) is 9.42. The van der Waals surface area contributed by atoms with Crippen LogP contribution in [0.4, 0.5) is 11.6 Å². The molecule has 5 nitrogen and oxygen atoms in total. The number of hydrogen-bond acceptors (Lipinski definition) is 5. The molecule has 5 heteroatoms. The van der Waals surface area contributed by atoms with Crippen LogP contribution in [0.25, 0.3) is 0 Å². The van der Waals surface area contributed by atoms with E-state index in [1.165, 1.54) is 32.1 Å². The van der Waals surface area contributed by atoms with Crippen molar-refractivity contribution >= 4 is 11.6 Å². The molecule has 2 heterocycles. The molecule has 1 aliphatic heterocycles. The van der Waals surface area contributed by atoms with Crippen LogP contribution in [0.3, 0.4) is 0 Å². The summed E-state index contributed by atoms with van der Waals surface area (Å²) >= 11 is 0. The zero-order valence-corrected chi connectivity index (χ0v) is 11.4. The normalized spacial score (nSPS) is 21.4. The molecule has 0 spiro atoms. The standard InChI is InChI=1S/C14H23N5/c1-2-5-12(4-1)18-13-10-14(17-11-16-13)19-8-3-6-15-7-9-19/h10-12,15H,1-9H2,(H,16,17,18). The molecule has 2 aliphatic rings. The van der Waals surface area contributed by atoms with Crippen LogP contribution in [0.5, 0.6) is 0 Å². The highest BCUT2D eigenvalue weighted by atomic mass is 15.2. The topological polar surface area (TPSA) is 53.1 Å². The second-order valence-electron chi connectivity index (χ2n) is 5.48. The molecule has 104 valence electrons. The van der Waals surface area contributed by atoms with E-state index in [1.54, 1.807) is 6.33 Å². The maximum atomic E-state index is 4.43. The molecule has 1 saturated carbocycles. The Morgan fingerprint density at radius 3 is 2.89 bits per heavy atom. The average molecular weight is 261 g/mol. The van der Waals surface area contributed by atoms with Gasteiger partial charge < -0.3 is 15.5 Å². The highest BCUT2D eigenvalue weighted by Crippen LogP contribution is 2.22. The van der Waals surface area contributed by atoms with Crippen LogP contribution in [0.2, 0.25) is 0 Å². The second kappa shape index (κ2) is 6.19. The number of anilines is 2. The summed E-state index contributed by atoms with van der Waals surface area (Å²) in [5.41, 5.74) is 0. The molecular formula is C14H23N5. The van der Waals surface area contributed by atoms with Crippen molar-refractivity contribution in [2.24, 2.45) is 0 Å². The van der Waals surface area contributed by atoms with Gasteiger partial charge in [-0.1, -0.05) is 12.8 Å². The van der Waals surface area contributed by atoms with Gasteiger partial charge in [0, 0.05) is 31.7 Å². The zero-order chi connectivity index (χ0) is 12.9. The smallest absolute Gasteiger partial charge is 0.134 e. The van der Waals surface area contributed by atoms with Gasteiger partial charge in [0.25, 0.3) is 0 Å². The van der Waals surface area contributed by atoms with E-state index in [4.69, 9.17) is 0 Å². The summed E-state index contributed by atoms with van der Waals surface area (Å²) in [6.45, 7) is 4.25. The van der Waals surface area contributed by atoms with Crippen molar-refractivity contribution in [1.82, 2.24) is 15.3 Å². The Morgan fingerprint density at radius 1 is 1.11 bits per heavy atom. The van der Waals surface area contributed by atoms with Gasteiger partial charge in [-0.2, -0.15) is 0 Å². The van der Waals surface area contributed by atoms with Crippen molar-refractivity contribution in [3.05, 3.63) is 12.4 Å². The monoisotopic (exact) mass is 261 g/mol. The van der Waals surface area contributed by atoms with E-state index in [-0.39, 0.29) is 0 Å². The van der Waals surface area contributed by atoms with Gasteiger partial charge in [0.15, 0.2) is 0 Å². The summed E-state index contributed by atoms with van der Waals surface area (Å²) in [7, 11) is 0. The van der Waals surface area contributed by atoms with Crippen LogP contribution in [0, 0.1) is 0 Å². The predicted octanol–water partition coefficient (Wildman–Crippen LogP) is 1.63. The lowest BCUT2D eigenvalue weighted by atomic mass is 10.2. The third-order valence-corrected chi connectivity index (χ3v) is 4.02. The first-order valence-corrected chi connectivity index (χ1v) is 7.46. The van der Waals surface area contributed by atoms with Gasteiger partial charge in [-0.25, -0.2) is 9.97 Å². The van der Waals surface area contributed by atoms with Crippen molar-refractivity contribution in [3.63, 3.8) is 0 Å². The van der Waals surface area contributed by atoms with E-state index in [0.717, 1.165) is 37.8 Å². The molecule has 0 unspecified atom stereocenters. The Kier molecular flexibility index (Phi) is 4.13. The van der Waals surface area contributed by atoms with E-state index in [0.29, 0.717) is 6.04 Å². The van der Waals surface area contributed by atoms with Gasteiger partial charge >= 0.3 is 0 Å². The number of nitrogens with zero attached hydrogens (tertiary/aromatic N) is 3. The predicted molar refractivity (Wildman–Crippen MR) is 77.6 cm³/mol. The molecule has 0 radical (unpaired) electrons. The summed E-state index contributed by atoms with van der Waals surface area (Å²) < 4.78 is 0. The van der Waals surface area contributed by atoms with Gasteiger partial charge in [0.2, 0.25) is 0 Å². The van der Waals surface area contributed by atoms with Crippen LogP contribution in [-0.4, -0.2) is 42.2 Å². The fourth-order valence-electron chi connectivity index (χ4n) is 2.95. The van der Waals surface area contributed by atoms with Crippen LogP contribution >= 0.6 is 0 Å². The van der Waals surface area contributed by atoms with Gasteiger partial charge in [0.05, 0.1) is 0 Å². The maximum absolute atomic E-state index is 4.43. The first-order valence-electron chi connectivity index (χ1n) is 7.46. The molecule has 0 atom stereocenters. The molecule has 19 heavy (non-hydrogen) atoms. The summed E-state index contributed by atoms with van der Waals surface area (Å²) in [5, 5.41) is 6.96. The van der Waals surface area contributed by atoms with Gasteiger partial charge in [-0.3, -0.25) is 0 Å². The molecular weight excluding hydrogens is 238 g/mol. The minimum Gasteiger partial charge on any atom is -0.367 e. The lowest BCUT2D eigenvalue weighted by molar-refractivity contribution is 0.724. The quantitative estimate of drug-likeness (QED) is 0.866. The lowest BCUT2D eigenvalue weighted by Crippen LogP contribution is -2.28. The molecule has 1 aromatic heterocycles. The molecule has 2 N–H and O–H groups in total. The Hall–Kier alpha value is -1.36. The Morgan fingerprint density at radius 2 is 2.00 bits per heavy atom. The van der Waals surface area contributed by atoms with Crippen molar-refractivity contribution in [1.29, 1.82) is 0 Å². The first kappa shape index (κ1) is 12.7. The number of aromatic nitrogens is 2. The minimum atomic E-state index is 0.605. The van der Waals surface area contributed by atoms with E-state index in [2.05, 4.69) is 31.6 Å². The summed E-state index contributed by atoms with van der Waals surface area (Å²) in [6, 6.07) is 2.71. The zero-order valence-electron chi connectivity index (χ0n) is 11.4. The Bertz CT molecular complexity index is 395. The average Bonchev–Trinajstić information content (AvgIpc) is 2.79. The third kappa shape index (κ3) is 3.35. The number of nitrogens with one attached hydrogen (secondary N) is 2. The number of rotatable bonds is 3. The molecule has 1 aliphatic carbocycles. The van der Waals surface area contributed by atoms with Crippen LogP contribution < -0.4 is 15.5 Å². The van der Waals surface area contributed by atoms with Crippen LogP contribution in [-0.2, 0) is 0 Å². The Labute approximate surface area is 114 Å². The SMILES string of the molecule is c1nc(NC2CCCC2)cc(N2CCCNCC2)n1. The summed E-state index contributed by atoms with van der Waals surface area (Å²) in [6.07, 6.45) is 8.08. The molecule has 2 fully saturated rings. The second-order valence-corrected chi connectivity index (χ2v) is 5.48. The van der Waals surface area contributed by atoms with E-state index < -0.39 is 0 Å². The third-order valence-electron chi connectivity index (χ3n) is 4.02. The molecule has 1 aromatic rings. The fourth-order valence-corrected chi connectivity index (χ4v) is 2.95. The lowest BCUT2D eigenvalue weighted by Gasteiger charge is -2.21. The highest BCUT2D eigenvalue weighted by molar-refractivity contribution is 5.49. The Balaban J connectivity index is 1.67. The molecule has 1 saturated heterocycles. The minimum absolute atomic E-state index is 0.605. The molecule has 0 aromatic carbocycles.